The van der Waals surface area contributed by atoms with Crippen LogP contribution in [0.5, 0.6) is 5.75 Å². The minimum absolute atomic E-state index is 0.0886. The molecule has 1 amide bonds. The lowest BCUT2D eigenvalue weighted by Crippen LogP contribution is -2.49. The number of β-amino-alcohol motifs (C(OH)–C–C–N with tert-alkyl or cyclic N) is 1. The number of amides is 1. The topological polar surface area (TPSA) is 53.0 Å². The van der Waals surface area contributed by atoms with Crippen LogP contribution in [0.15, 0.2) is 18.2 Å². The lowest BCUT2D eigenvalue weighted by molar-refractivity contribution is -0.132. The Balaban J connectivity index is 1.90. The molecule has 2 rings (SSSR count). The van der Waals surface area contributed by atoms with E-state index in [2.05, 4.69) is 4.90 Å². The lowest BCUT2D eigenvalue weighted by Gasteiger charge is -2.34. The number of aliphatic hydroxyl groups is 1. The quantitative estimate of drug-likeness (QED) is 0.882. The summed E-state index contributed by atoms with van der Waals surface area (Å²) in [5.41, 5.74) is 0.820. The van der Waals surface area contributed by atoms with E-state index in [1.807, 2.05) is 17.0 Å². The second kappa shape index (κ2) is 7.64. The van der Waals surface area contributed by atoms with Gasteiger partial charge in [0.05, 0.1) is 20.1 Å². The van der Waals surface area contributed by atoms with Gasteiger partial charge in [0.1, 0.15) is 5.75 Å². The number of nitrogens with zero attached hydrogens (tertiary/aromatic N) is 2. The maximum absolute atomic E-state index is 12.3. The number of piperazine rings is 1. The largest absolute Gasteiger partial charge is 0.497 e. The van der Waals surface area contributed by atoms with Gasteiger partial charge in [-0.1, -0.05) is 17.7 Å². The fourth-order valence-electron chi connectivity index (χ4n) is 2.44. The van der Waals surface area contributed by atoms with Gasteiger partial charge in [-0.3, -0.25) is 9.69 Å². The zero-order valence-corrected chi connectivity index (χ0v) is 13.0. The molecular formula is C15H21ClN2O3. The highest BCUT2D eigenvalue weighted by Gasteiger charge is 2.21. The van der Waals surface area contributed by atoms with Crippen LogP contribution in [0.3, 0.4) is 0 Å². The number of halogens is 1. The van der Waals surface area contributed by atoms with Gasteiger partial charge in [-0.05, 0) is 17.7 Å². The van der Waals surface area contributed by atoms with E-state index >= 15 is 0 Å². The van der Waals surface area contributed by atoms with Crippen molar-refractivity contribution in [3.63, 3.8) is 0 Å². The maximum atomic E-state index is 12.3. The molecule has 0 aliphatic carbocycles. The molecule has 21 heavy (non-hydrogen) atoms. The minimum Gasteiger partial charge on any atom is -0.497 e. The molecule has 1 saturated heterocycles. The smallest absolute Gasteiger partial charge is 0.227 e. The number of ether oxygens (including phenoxy) is 1. The molecule has 1 aliphatic rings. The highest BCUT2D eigenvalue weighted by atomic mass is 35.5. The third-order valence-electron chi connectivity index (χ3n) is 3.74. The summed E-state index contributed by atoms with van der Waals surface area (Å²) < 4.78 is 5.10. The Morgan fingerprint density at radius 2 is 2.05 bits per heavy atom. The van der Waals surface area contributed by atoms with Crippen LogP contribution in [0.4, 0.5) is 0 Å². The van der Waals surface area contributed by atoms with Crippen LogP contribution in [-0.4, -0.2) is 67.3 Å². The Hall–Kier alpha value is -1.30. The van der Waals surface area contributed by atoms with Gasteiger partial charge >= 0.3 is 0 Å². The molecule has 0 bridgehead atoms. The van der Waals surface area contributed by atoms with Crippen molar-refractivity contribution in [1.82, 2.24) is 9.80 Å². The number of hydrogen-bond acceptors (Lipinski definition) is 4. The van der Waals surface area contributed by atoms with E-state index in [4.69, 9.17) is 21.4 Å². The molecular weight excluding hydrogens is 292 g/mol. The van der Waals surface area contributed by atoms with Gasteiger partial charge in [0, 0.05) is 37.7 Å². The first-order valence-corrected chi connectivity index (χ1v) is 7.45. The molecule has 1 heterocycles. The Labute approximate surface area is 130 Å². The molecule has 1 N–H and O–H groups in total. The zero-order valence-electron chi connectivity index (χ0n) is 12.2. The van der Waals surface area contributed by atoms with Crippen molar-refractivity contribution in [3.05, 3.63) is 28.8 Å². The Morgan fingerprint density at radius 1 is 1.33 bits per heavy atom. The number of aliphatic hydroxyl groups excluding tert-OH is 1. The number of benzene rings is 1. The third kappa shape index (κ3) is 4.33. The number of rotatable bonds is 5. The van der Waals surface area contributed by atoms with Crippen LogP contribution >= 0.6 is 11.6 Å². The van der Waals surface area contributed by atoms with Gasteiger partial charge in [-0.25, -0.2) is 0 Å². The summed E-state index contributed by atoms with van der Waals surface area (Å²) in [5.74, 6) is 0.777. The second-order valence-corrected chi connectivity index (χ2v) is 5.49. The van der Waals surface area contributed by atoms with Gasteiger partial charge < -0.3 is 14.7 Å². The summed E-state index contributed by atoms with van der Waals surface area (Å²) in [5, 5.41) is 9.47. The summed E-state index contributed by atoms with van der Waals surface area (Å²) in [6.07, 6.45) is 0.308. The molecule has 1 aliphatic heterocycles. The predicted molar refractivity (Wildman–Crippen MR) is 81.8 cm³/mol. The molecule has 1 aromatic carbocycles. The standard InChI is InChI=1S/C15H21ClN2O3/c1-21-13-3-2-12(14(16)11-13)10-15(20)18-6-4-17(5-7-18)8-9-19/h2-3,11,19H,4-10H2,1H3. The Bertz CT molecular complexity index is 488. The molecule has 1 fully saturated rings. The van der Waals surface area contributed by atoms with Crippen molar-refractivity contribution < 1.29 is 14.6 Å². The highest BCUT2D eigenvalue weighted by molar-refractivity contribution is 6.31. The first kappa shape index (κ1) is 16.1. The Kier molecular flexibility index (Phi) is 5.85. The molecule has 0 atom stereocenters. The maximum Gasteiger partial charge on any atom is 0.227 e. The number of hydrogen-bond donors (Lipinski definition) is 1. The number of methoxy groups -OCH3 is 1. The van der Waals surface area contributed by atoms with Gasteiger partial charge in [0.15, 0.2) is 0 Å². The first-order valence-electron chi connectivity index (χ1n) is 7.07. The Morgan fingerprint density at radius 3 is 2.62 bits per heavy atom. The molecule has 6 heteroatoms. The zero-order chi connectivity index (χ0) is 15.2. The van der Waals surface area contributed by atoms with E-state index in [9.17, 15) is 4.79 Å². The fourth-order valence-corrected chi connectivity index (χ4v) is 2.67. The summed E-state index contributed by atoms with van der Waals surface area (Å²) in [7, 11) is 1.59. The average molecular weight is 313 g/mol. The fraction of sp³-hybridized carbons (Fsp3) is 0.533. The van der Waals surface area contributed by atoms with E-state index in [-0.39, 0.29) is 12.5 Å². The molecule has 0 radical (unpaired) electrons. The molecule has 0 spiro atoms. The van der Waals surface area contributed by atoms with Crippen LogP contribution in [0, 0.1) is 0 Å². The SMILES string of the molecule is COc1ccc(CC(=O)N2CCN(CCO)CC2)c(Cl)c1. The molecule has 0 aromatic heterocycles. The normalized spacial score (nSPS) is 16.0. The van der Waals surface area contributed by atoms with Gasteiger partial charge in [0.25, 0.3) is 0 Å². The van der Waals surface area contributed by atoms with Crippen LogP contribution < -0.4 is 4.74 Å². The molecule has 5 nitrogen and oxygen atoms in total. The van der Waals surface area contributed by atoms with E-state index in [0.717, 1.165) is 18.7 Å². The number of carbonyl (C=O) groups is 1. The van der Waals surface area contributed by atoms with Crippen molar-refractivity contribution in [2.45, 2.75) is 6.42 Å². The predicted octanol–water partition coefficient (Wildman–Crippen LogP) is 1.03. The minimum atomic E-state index is 0.0886. The lowest BCUT2D eigenvalue weighted by atomic mass is 10.1. The van der Waals surface area contributed by atoms with Crippen LogP contribution in [0.1, 0.15) is 5.56 Å². The van der Waals surface area contributed by atoms with Crippen LogP contribution in [-0.2, 0) is 11.2 Å². The third-order valence-corrected chi connectivity index (χ3v) is 4.09. The van der Waals surface area contributed by atoms with Gasteiger partial charge in [-0.15, -0.1) is 0 Å². The van der Waals surface area contributed by atoms with Crippen molar-refractivity contribution >= 4 is 17.5 Å². The van der Waals surface area contributed by atoms with Crippen LogP contribution in [0.25, 0.3) is 0 Å². The van der Waals surface area contributed by atoms with E-state index in [1.54, 1.807) is 13.2 Å². The van der Waals surface area contributed by atoms with E-state index in [0.29, 0.717) is 36.8 Å². The molecule has 116 valence electrons. The summed E-state index contributed by atoms with van der Waals surface area (Å²) in [4.78, 5) is 16.3. The first-order chi connectivity index (χ1) is 10.1. The monoisotopic (exact) mass is 312 g/mol. The van der Waals surface area contributed by atoms with Crippen molar-refractivity contribution in [3.8, 4) is 5.75 Å². The van der Waals surface area contributed by atoms with Crippen LogP contribution in [0.2, 0.25) is 5.02 Å². The summed E-state index contributed by atoms with van der Waals surface area (Å²) in [6.45, 7) is 3.85. The molecule has 1 aromatic rings. The highest BCUT2D eigenvalue weighted by Crippen LogP contribution is 2.23. The van der Waals surface area contributed by atoms with Gasteiger partial charge in [-0.2, -0.15) is 0 Å². The number of carbonyl (C=O) groups excluding carboxylic acids is 1. The second-order valence-electron chi connectivity index (χ2n) is 5.08. The van der Waals surface area contributed by atoms with Crippen molar-refractivity contribution in [1.29, 1.82) is 0 Å². The van der Waals surface area contributed by atoms with E-state index in [1.165, 1.54) is 0 Å². The van der Waals surface area contributed by atoms with Gasteiger partial charge in [0.2, 0.25) is 5.91 Å². The van der Waals surface area contributed by atoms with Crippen molar-refractivity contribution in [2.24, 2.45) is 0 Å². The molecule has 0 saturated carbocycles. The van der Waals surface area contributed by atoms with E-state index < -0.39 is 0 Å². The average Bonchev–Trinajstić information content (AvgIpc) is 2.50. The molecule has 0 unspecified atom stereocenters. The summed E-state index contributed by atoms with van der Waals surface area (Å²) >= 11 is 6.17. The van der Waals surface area contributed by atoms with Crippen molar-refractivity contribution in [2.75, 3.05) is 46.4 Å². The summed E-state index contributed by atoms with van der Waals surface area (Å²) in [6, 6.07) is 5.37.